The van der Waals surface area contributed by atoms with Gasteiger partial charge in [0.15, 0.2) is 0 Å². The largest absolute Gasteiger partial charge is 0.481 e. The van der Waals surface area contributed by atoms with Gasteiger partial charge in [-0.1, -0.05) is 0 Å². The van der Waals surface area contributed by atoms with Gasteiger partial charge in [0.2, 0.25) is 10.0 Å². The smallest absolute Gasteiger partial charge is 0.305 e. The molecule has 0 aliphatic heterocycles. The summed E-state index contributed by atoms with van der Waals surface area (Å²) < 4.78 is 24.6. The molecule has 18 heavy (non-hydrogen) atoms. The number of aromatic nitrogens is 1. The minimum Gasteiger partial charge on any atom is -0.481 e. The number of sulfonamides is 1. The second-order valence-electron chi connectivity index (χ2n) is 3.74. The maximum atomic E-state index is 11.7. The van der Waals surface area contributed by atoms with Crippen molar-refractivity contribution in [2.75, 3.05) is 26.0 Å². The monoisotopic (exact) mass is 273 g/mol. The highest BCUT2D eigenvalue weighted by Crippen LogP contribution is 2.13. The molecule has 8 heteroatoms. The number of anilines is 1. The lowest BCUT2D eigenvalue weighted by molar-refractivity contribution is -0.136. The molecule has 0 fully saturated rings. The Balaban J connectivity index is 2.72. The van der Waals surface area contributed by atoms with E-state index in [4.69, 9.17) is 5.11 Å². The first-order valence-electron chi connectivity index (χ1n) is 5.18. The molecular formula is C10H15N3O4S. The number of aliphatic carboxylic acids is 1. The maximum absolute atomic E-state index is 11.7. The molecule has 1 aromatic rings. The average Bonchev–Trinajstić information content (AvgIpc) is 2.29. The van der Waals surface area contributed by atoms with Crippen LogP contribution in [0.25, 0.3) is 0 Å². The summed E-state index contributed by atoms with van der Waals surface area (Å²) >= 11 is 0. The van der Waals surface area contributed by atoms with Gasteiger partial charge in [-0.2, -0.15) is 0 Å². The second-order valence-corrected chi connectivity index (χ2v) is 5.89. The number of pyridine rings is 1. The van der Waals surface area contributed by atoms with E-state index in [1.54, 1.807) is 0 Å². The van der Waals surface area contributed by atoms with Gasteiger partial charge in [0.1, 0.15) is 10.7 Å². The Labute approximate surface area is 106 Å². The molecule has 0 bridgehead atoms. The van der Waals surface area contributed by atoms with Crippen molar-refractivity contribution in [3.63, 3.8) is 0 Å². The topological polar surface area (TPSA) is 99.6 Å². The zero-order valence-corrected chi connectivity index (χ0v) is 10.9. The standard InChI is InChI=1S/C10H15N3O4S/c1-13(2)18(16,17)8-3-4-9(12-7-8)11-6-5-10(14)15/h3-4,7H,5-6H2,1-2H3,(H,11,12)(H,14,15). The SMILES string of the molecule is CN(C)S(=O)(=O)c1ccc(NCCC(=O)O)nc1. The van der Waals surface area contributed by atoms with Gasteiger partial charge >= 0.3 is 5.97 Å². The third-order valence-electron chi connectivity index (χ3n) is 2.16. The molecule has 0 amide bonds. The van der Waals surface area contributed by atoms with Crippen molar-refractivity contribution in [2.24, 2.45) is 0 Å². The number of carboxylic acid groups (broad SMARTS) is 1. The summed E-state index contributed by atoms with van der Waals surface area (Å²) in [7, 11) is -0.601. The van der Waals surface area contributed by atoms with Crippen LogP contribution in [0.15, 0.2) is 23.2 Å². The van der Waals surface area contributed by atoms with Gasteiger partial charge in [-0.3, -0.25) is 4.79 Å². The van der Waals surface area contributed by atoms with E-state index in [9.17, 15) is 13.2 Å². The van der Waals surface area contributed by atoms with Crippen LogP contribution in [0.3, 0.4) is 0 Å². The Morgan fingerprint density at radius 2 is 2.11 bits per heavy atom. The quantitative estimate of drug-likeness (QED) is 0.769. The summed E-state index contributed by atoms with van der Waals surface area (Å²) in [4.78, 5) is 14.3. The van der Waals surface area contributed by atoms with Crippen molar-refractivity contribution in [3.05, 3.63) is 18.3 Å². The lowest BCUT2D eigenvalue weighted by Gasteiger charge is -2.11. The molecule has 0 aromatic carbocycles. The molecule has 0 aliphatic carbocycles. The predicted octanol–water partition coefficient (Wildman–Crippen LogP) is 0.218. The van der Waals surface area contributed by atoms with Crippen LogP contribution < -0.4 is 5.32 Å². The van der Waals surface area contributed by atoms with Gasteiger partial charge in [0.25, 0.3) is 0 Å². The van der Waals surface area contributed by atoms with E-state index in [-0.39, 0.29) is 17.9 Å². The summed E-state index contributed by atoms with van der Waals surface area (Å²) in [6.07, 6.45) is 1.21. The maximum Gasteiger partial charge on any atom is 0.305 e. The van der Waals surface area contributed by atoms with Gasteiger partial charge in [-0.25, -0.2) is 17.7 Å². The van der Waals surface area contributed by atoms with Crippen molar-refractivity contribution in [2.45, 2.75) is 11.3 Å². The van der Waals surface area contributed by atoms with Gasteiger partial charge in [0, 0.05) is 26.8 Å². The fourth-order valence-corrected chi connectivity index (χ4v) is 1.99. The number of hydrogen-bond donors (Lipinski definition) is 2. The van der Waals surface area contributed by atoms with E-state index < -0.39 is 16.0 Å². The first-order valence-corrected chi connectivity index (χ1v) is 6.62. The molecule has 0 radical (unpaired) electrons. The molecule has 0 aliphatic rings. The number of carboxylic acids is 1. The summed E-state index contributed by atoms with van der Waals surface area (Å²) in [6, 6.07) is 2.92. The zero-order chi connectivity index (χ0) is 13.8. The molecule has 7 nitrogen and oxygen atoms in total. The molecule has 1 heterocycles. The van der Waals surface area contributed by atoms with Crippen LogP contribution >= 0.6 is 0 Å². The summed E-state index contributed by atoms with van der Waals surface area (Å²) in [5, 5.41) is 11.2. The number of hydrogen-bond acceptors (Lipinski definition) is 5. The highest BCUT2D eigenvalue weighted by atomic mass is 32.2. The first-order chi connectivity index (χ1) is 8.34. The Morgan fingerprint density at radius 1 is 1.44 bits per heavy atom. The number of nitrogens with one attached hydrogen (secondary N) is 1. The zero-order valence-electron chi connectivity index (χ0n) is 10.1. The van der Waals surface area contributed by atoms with E-state index in [1.165, 1.54) is 32.4 Å². The number of carbonyl (C=O) groups is 1. The minimum atomic E-state index is -3.48. The Kier molecular flexibility index (Phi) is 4.62. The van der Waals surface area contributed by atoms with Crippen LogP contribution in [-0.4, -0.2) is 49.4 Å². The van der Waals surface area contributed by atoms with Gasteiger partial charge in [-0.05, 0) is 12.1 Å². The predicted molar refractivity (Wildman–Crippen MR) is 65.9 cm³/mol. The van der Waals surface area contributed by atoms with E-state index in [2.05, 4.69) is 10.3 Å². The highest BCUT2D eigenvalue weighted by molar-refractivity contribution is 7.89. The first kappa shape index (κ1) is 14.4. The molecule has 100 valence electrons. The Morgan fingerprint density at radius 3 is 2.56 bits per heavy atom. The van der Waals surface area contributed by atoms with Crippen molar-refractivity contribution in [1.82, 2.24) is 9.29 Å². The molecule has 0 saturated carbocycles. The summed E-state index contributed by atoms with van der Waals surface area (Å²) in [6.45, 7) is 0.238. The summed E-state index contributed by atoms with van der Waals surface area (Å²) in [5.74, 6) is -0.469. The molecule has 1 rings (SSSR count). The Bertz CT molecular complexity index is 510. The van der Waals surface area contributed by atoms with Crippen LogP contribution in [0.5, 0.6) is 0 Å². The molecular weight excluding hydrogens is 258 g/mol. The minimum absolute atomic E-state index is 0.0283. The number of nitrogens with zero attached hydrogens (tertiary/aromatic N) is 2. The van der Waals surface area contributed by atoms with E-state index >= 15 is 0 Å². The fraction of sp³-hybridized carbons (Fsp3) is 0.400. The molecule has 1 aromatic heterocycles. The fourth-order valence-electron chi connectivity index (χ4n) is 1.15. The second kappa shape index (κ2) is 5.78. The summed E-state index contributed by atoms with van der Waals surface area (Å²) in [5.41, 5.74) is 0. The lowest BCUT2D eigenvalue weighted by atomic mass is 10.4. The number of rotatable bonds is 6. The van der Waals surface area contributed by atoms with Gasteiger partial charge in [0.05, 0.1) is 6.42 Å². The Hall–Kier alpha value is -1.67. The van der Waals surface area contributed by atoms with E-state index in [1.807, 2.05) is 0 Å². The van der Waals surface area contributed by atoms with Crippen molar-refractivity contribution >= 4 is 21.8 Å². The van der Waals surface area contributed by atoms with Crippen LogP contribution in [0.2, 0.25) is 0 Å². The van der Waals surface area contributed by atoms with Gasteiger partial charge < -0.3 is 10.4 Å². The van der Waals surface area contributed by atoms with Crippen LogP contribution in [0.4, 0.5) is 5.82 Å². The highest BCUT2D eigenvalue weighted by Gasteiger charge is 2.17. The van der Waals surface area contributed by atoms with E-state index in [0.717, 1.165) is 4.31 Å². The van der Waals surface area contributed by atoms with Crippen LogP contribution in [0.1, 0.15) is 6.42 Å². The molecule has 0 unspecified atom stereocenters. The third kappa shape index (κ3) is 3.67. The average molecular weight is 273 g/mol. The molecule has 2 N–H and O–H groups in total. The van der Waals surface area contributed by atoms with Crippen LogP contribution in [-0.2, 0) is 14.8 Å². The van der Waals surface area contributed by atoms with Crippen molar-refractivity contribution in [1.29, 1.82) is 0 Å². The van der Waals surface area contributed by atoms with Gasteiger partial charge in [-0.15, -0.1) is 0 Å². The normalized spacial score (nSPS) is 11.5. The molecule has 0 saturated heterocycles. The van der Waals surface area contributed by atoms with Crippen molar-refractivity contribution < 1.29 is 18.3 Å². The lowest BCUT2D eigenvalue weighted by Crippen LogP contribution is -2.22. The molecule has 0 atom stereocenters. The van der Waals surface area contributed by atoms with Crippen molar-refractivity contribution in [3.8, 4) is 0 Å². The molecule has 0 spiro atoms. The third-order valence-corrected chi connectivity index (χ3v) is 3.96. The van der Waals surface area contributed by atoms with Crippen LogP contribution in [0, 0.1) is 0 Å². The van der Waals surface area contributed by atoms with E-state index in [0.29, 0.717) is 5.82 Å².